The quantitative estimate of drug-likeness (QED) is 0.545. The lowest BCUT2D eigenvalue weighted by atomic mass is 9.78. The number of fused-ring (bicyclic) bond motifs is 1. The highest BCUT2D eigenvalue weighted by Crippen LogP contribution is 2.41. The zero-order valence-corrected chi connectivity index (χ0v) is 6.87. The Morgan fingerprint density at radius 1 is 1.09 bits per heavy atom. The summed E-state index contributed by atoms with van der Waals surface area (Å²) in [5.74, 6) is 1.64. The summed E-state index contributed by atoms with van der Waals surface area (Å²) in [6.07, 6.45) is 5.85. The molecular weight excluding hydrogens is 138 g/mol. The van der Waals surface area contributed by atoms with Gasteiger partial charge in [0.15, 0.2) is 0 Å². The molecule has 2 rings (SSSR count). The first-order valence-corrected chi connectivity index (χ1v) is 4.71. The molecule has 4 atom stereocenters. The van der Waals surface area contributed by atoms with Crippen LogP contribution in [0.5, 0.6) is 0 Å². The average Bonchev–Trinajstić information content (AvgIpc) is 2.36. The fourth-order valence-corrected chi connectivity index (χ4v) is 2.73. The van der Waals surface area contributed by atoms with E-state index in [0.29, 0.717) is 0 Å². The molecule has 0 heterocycles. The van der Waals surface area contributed by atoms with Crippen LogP contribution < -0.4 is 5.73 Å². The molecule has 64 valence electrons. The Bertz CT molecular complexity index is 132. The van der Waals surface area contributed by atoms with Crippen LogP contribution in [-0.4, -0.2) is 17.3 Å². The van der Waals surface area contributed by atoms with E-state index in [9.17, 15) is 5.11 Å². The molecule has 2 aliphatic carbocycles. The molecule has 3 N–H and O–H groups in total. The average molecular weight is 155 g/mol. The van der Waals surface area contributed by atoms with Crippen LogP contribution in [-0.2, 0) is 0 Å². The highest BCUT2D eigenvalue weighted by molar-refractivity contribution is 4.90. The maximum atomic E-state index is 9.50. The van der Waals surface area contributed by atoms with E-state index >= 15 is 0 Å². The minimum absolute atomic E-state index is 0.0642. The number of aliphatic hydroxyl groups excluding tert-OH is 1. The summed E-state index contributed by atoms with van der Waals surface area (Å²) in [6.45, 7) is 0. The second kappa shape index (κ2) is 2.76. The van der Waals surface area contributed by atoms with Crippen LogP contribution in [0.1, 0.15) is 32.1 Å². The summed E-state index contributed by atoms with van der Waals surface area (Å²) in [5, 5.41) is 9.50. The van der Waals surface area contributed by atoms with Gasteiger partial charge >= 0.3 is 0 Å². The molecule has 2 unspecified atom stereocenters. The van der Waals surface area contributed by atoms with Gasteiger partial charge in [-0.25, -0.2) is 0 Å². The highest BCUT2D eigenvalue weighted by Gasteiger charge is 2.36. The van der Waals surface area contributed by atoms with Gasteiger partial charge in [-0.1, -0.05) is 19.3 Å². The smallest absolute Gasteiger partial charge is 0.0693 e. The van der Waals surface area contributed by atoms with Crippen LogP contribution in [0.2, 0.25) is 0 Å². The minimum atomic E-state index is -0.214. The molecule has 2 saturated carbocycles. The van der Waals surface area contributed by atoms with Gasteiger partial charge in [-0.3, -0.25) is 0 Å². The standard InChI is InChI=1S/C9H17NO/c10-8-4-6-2-1-3-7(6)5-9(8)11/h6-9,11H,1-5,10H2/t6-,7-,8?,9?/m1/s1. The first-order chi connectivity index (χ1) is 5.27. The Kier molecular flexibility index (Phi) is 1.90. The van der Waals surface area contributed by atoms with E-state index < -0.39 is 0 Å². The summed E-state index contributed by atoms with van der Waals surface area (Å²) in [7, 11) is 0. The summed E-state index contributed by atoms with van der Waals surface area (Å²) in [6, 6.07) is 0.0642. The molecule has 2 aliphatic rings. The van der Waals surface area contributed by atoms with Crippen LogP contribution in [0.4, 0.5) is 0 Å². The van der Waals surface area contributed by atoms with E-state index in [-0.39, 0.29) is 12.1 Å². The molecule has 0 aromatic rings. The Labute approximate surface area is 67.8 Å². The topological polar surface area (TPSA) is 46.2 Å². The third-order valence-electron chi connectivity index (χ3n) is 3.43. The van der Waals surface area contributed by atoms with E-state index in [1.54, 1.807) is 0 Å². The molecule has 0 aromatic heterocycles. The Morgan fingerprint density at radius 2 is 1.73 bits per heavy atom. The number of aliphatic hydroxyl groups is 1. The van der Waals surface area contributed by atoms with Crippen molar-refractivity contribution in [3.63, 3.8) is 0 Å². The minimum Gasteiger partial charge on any atom is -0.392 e. The molecule has 2 fully saturated rings. The molecule has 0 aliphatic heterocycles. The summed E-state index contributed by atoms with van der Waals surface area (Å²) in [5.41, 5.74) is 5.78. The predicted molar refractivity (Wildman–Crippen MR) is 44.0 cm³/mol. The molecule has 0 saturated heterocycles. The lowest BCUT2D eigenvalue weighted by Crippen LogP contribution is -2.42. The SMILES string of the molecule is NC1C[C@H]2CCC[C@@H]2CC1O. The normalized spacial score (nSPS) is 50.7. The molecule has 0 amide bonds. The molecular formula is C9H17NO. The number of rotatable bonds is 0. The van der Waals surface area contributed by atoms with Gasteiger partial charge in [0.05, 0.1) is 6.10 Å². The second-order valence-electron chi connectivity index (χ2n) is 4.15. The Hall–Kier alpha value is -0.0800. The van der Waals surface area contributed by atoms with E-state index in [2.05, 4.69) is 0 Å². The lowest BCUT2D eigenvalue weighted by molar-refractivity contribution is 0.0606. The van der Waals surface area contributed by atoms with Crippen LogP contribution in [0, 0.1) is 11.8 Å². The van der Waals surface area contributed by atoms with Crippen molar-refractivity contribution in [2.45, 2.75) is 44.2 Å². The predicted octanol–water partition coefficient (Wildman–Crippen LogP) is 0.885. The van der Waals surface area contributed by atoms with Gasteiger partial charge in [0.2, 0.25) is 0 Å². The van der Waals surface area contributed by atoms with Gasteiger partial charge in [-0.05, 0) is 24.7 Å². The van der Waals surface area contributed by atoms with E-state index in [0.717, 1.165) is 24.7 Å². The zero-order valence-electron chi connectivity index (χ0n) is 6.87. The van der Waals surface area contributed by atoms with Gasteiger partial charge in [0, 0.05) is 6.04 Å². The van der Waals surface area contributed by atoms with Crippen molar-refractivity contribution in [3.05, 3.63) is 0 Å². The van der Waals surface area contributed by atoms with E-state index in [1.807, 2.05) is 0 Å². The van der Waals surface area contributed by atoms with E-state index in [4.69, 9.17) is 5.73 Å². The third-order valence-corrected chi connectivity index (χ3v) is 3.43. The first-order valence-electron chi connectivity index (χ1n) is 4.71. The van der Waals surface area contributed by atoms with Crippen LogP contribution >= 0.6 is 0 Å². The fraction of sp³-hybridized carbons (Fsp3) is 1.00. The van der Waals surface area contributed by atoms with Gasteiger partial charge in [-0.2, -0.15) is 0 Å². The highest BCUT2D eigenvalue weighted by atomic mass is 16.3. The molecule has 11 heavy (non-hydrogen) atoms. The monoisotopic (exact) mass is 155 g/mol. The molecule has 0 bridgehead atoms. The summed E-state index contributed by atoms with van der Waals surface area (Å²) in [4.78, 5) is 0. The summed E-state index contributed by atoms with van der Waals surface area (Å²) < 4.78 is 0. The van der Waals surface area contributed by atoms with Crippen LogP contribution in [0.15, 0.2) is 0 Å². The number of hydrogen-bond acceptors (Lipinski definition) is 2. The van der Waals surface area contributed by atoms with Crippen LogP contribution in [0.25, 0.3) is 0 Å². The molecule has 0 radical (unpaired) electrons. The lowest BCUT2D eigenvalue weighted by Gasteiger charge is -2.33. The van der Waals surface area contributed by atoms with Crippen molar-refractivity contribution in [1.29, 1.82) is 0 Å². The zero-order chi connectivity index (χ0) is 7.84. The summed E-state index contributed by atoms with van der Waals surface area (Å²) >= 11 is 0. The van der Waals surface area contributed by atoms with Gasteiger partial charge < -0.3 is 10.8 Å². The number of nitrogens with two attached hydrogens (primary N) is 1. The van der Waals surface area contributed by atoms with Crippen molar-refractivity contribution in [1.82, 2.24) is 0 Å². The van der Waals surface area contributed by atoms with Crippen molar-refractivity contribution < 1.29 is 5.11 Å². The first kappa shape index (κ1) is 7.56. The van der Waals surface area contributed by atoms with E-state index in [1.165, 1.54) is 19.3 Å². The third kappa shape index (κ3) is 1.30. The van der Waals surface area contributed by atoms with Crippen LogP contribution in [0.3, 0.4) is 0 Å². The van der Waals surface area contributed by atoms with Crippen molar-refractivity contribution in [2.75, 3.05) is 0 Å². The largest absolute Gasteiger partial charge is 0.392 e. The fourth-order valence-electron chi connectivity index (χ4n) is 2.73. The second-order valence-corrected chi connectivity index (χ2v) is 4.15. The van der Waals surface area contributed by atoms with Crippen molar-refractivity contribution in [3.8, 4) is 0 Å². The van der Waals surface area contributed by atoms with Crippen molar-refractivity contribution >= 4 is 0 Å². The van der Waals surface area contributed by atoms with Crippen molar-refractivity contribution in [2.24, 2.45) is 17.6 Å². The maximum absolute atomic E-state index is 9.50. The molecule has 0 aromatic carbocycles. The Morgan fingerprint density at radius 3 is 2.45 bits per heavy atom. The molecule has 2 nitrogen and oxygen atoms in total. The molecule has 0 spiro atoms. The Balaban J connectivity index is 2.00. The van der Waals surface area contributed by atoms with Gasteiger partial charge in [0.25, 0.3) is 0 Å². The van der Waals surface area contributed by atoms with Gasteiger partial charge in [-0.15, -0.1) is 0 Å². The number of hydrogen-bond donors (Lipinski definition) is 2. The molecule has 2 heteroatoms. The maximum Gasteiger partial charge on any atom is 0.0693 e. The van der Waals surface area contributed by atoms with Gasteiger partial charge in [0.1, 0.15) is 0 Å².